The maximum Gasteiger partial charge on any atom is 0.296 e. The number of hydrogen-bond donors (Lipinski definition) is 1. The molecule has 1 heterocycles. The fraction of sp³-hybridized carbons (Fsp3) is 0.0556. The number of carbonyl (C=O) groups is 2. The molecule has 114 valence electrons. The molecule has 2 aromatic carbocycles. The SMILES string of the molecule is Cc1ccc(C(=O)C(=O)Nc2ccc(-n3ccnc3)cc2)cc1. The van der Waals surface area contributed by atoms with Gasteiger partial charge in [0, 0.05) is 29.3 Å². The lowest BCUT2D eigenvalue weighted by Crippen LogP contribution is -2.22. The summed E-state index contributed by atoms with van der Waals surface area (Å²) in [6, 6.07) is 14.1. The van der Waals surface area contributed by atoms with Gasteiger partial charge in [-0.3, -0.25) is 9.59 Å². The van der Waals surface area contributed by atoms with Gasteiger partial charge in [-0.2, -0.15) is 0 Å². The Hall–Kier alpha value is -3.21. The van der Waals surface area contributed by atoms with Gasteiger partial charge in [0.05, 0.1) is 6.33 Å². The molecule has 1 aromatic heterocycles. The van der Waals surface area contributed by atoms with Gasteiger partial charge in [0.1, 0.15) is 0 Å². The van der Waals surface area contributed by atoms with E-state index in [0.717, 1.165) is 11.3 Å². The van der Waals surface area contributed by atoms with E-state index < -0.39 is 11.7 Å². The number of Topliss-reactive ketones (excluding diaryl/α,β-unsaturated/α-hetero) is 1. The molecule has 5 heteroatoms. The first-order valence-electron chi connectivity index (χ1n) is 7.14. The van der Waals surface area contributed by atoms with Gasteiger partial charge in [-0.25, -0.2) is 4.98 Å². The predicted octanol–water partition coefficient (Wildman–Crippen LogP) is 3.00. The lowest BCUT2D eigenvalue weighted by atomic mass is 10.1. The third kappa shape index (κ3) is 3.35. The molecule has 3 rings (SSSR count). The Morgan fingerprint density at radius 2 is 1.70 bits per heavy atom. The topological polar surface area (TPSA) is 64.0 Å². The highest BCUT2D eigenvalue weighted by Gasteiger charge is 2.16. The van der Waals surface area contributed by atoms with Crippen LogP contribution >= 0.6 is 0 Å². The molecule has 23 heavy (non-hydrogen) atoms. The van der Waals surface area contributed by atoms with E-state index in [-0.39, 0.29) is 0 Å². The number of aromatic nitrogens is 2. The zero-order valence-electron chi connectivity index (χ0n) is 12.6. The Morgan fingerprint density at radius 1 is 1.00 bits per heavy atom. The standard InChI is InChI=1S/C18H15N3O2/c1-13-2-4-14(5-3-13)17(22)18(23)20-15-6-8-16(9-7-15)21-11-10-19-12-21/h2-12H,1H3,(H,20,23). The minimum Gasteiger partial charge on any atom is -0.319 e. The number of amides is 1. The quantitative estimate of drug-likeness (QED) is 0.595. The summed E-state index contributed by atoms with van der Waals surface area (Å²) in [6.45, 7) is 1.93. The third-order valence-corrected chi connectivity index (χ3v) is 3.45. The number of hydrogen-bond acceptors (Lipinski definition) is 3. The lowest BCUT2D eigenvalue weighted by Gasteiger charge is -2.07. The molecule has 0 fully saturated rings. The third-order valence-electron chi connectivity index (χ3n) is 3.45. The molecule has 3 aromatic rings. The number of nitrogens with one attached hydrogen (secondary N) is 1. The van der Waals surface area contributed by atoms with Crippen LogP contribution in [0.25, 0.3) is 5.69 Å². The van der Waals surface area contributed by atoms with Crippen LogP contribution in [0.5, 0.6) is 0 Å². The molecule has 0 saturated carbocycles. The van der Waals surface area contributed by atoms with Crippen LogP contribution in [0.15, 0.2) is 67.3 Å². The molecule has 1 N–H and O–H groups in total. The smallest absolute Gasteiger partial charge is 0.296 e. The molecular formula is C18H15N3O2. The zero-order chi connectivity index (χ0) is 16.2. The second kappa shape index (κ2) is 6.27. The Labute approximate surface area is 133 Å². The van der Waals surface area contributed by atoms with Crippen LogP contribution in [0.1, 0.15) is 15.9 Å². The maximum absolute atomic E-state index is 12.1. The highest BCUT2D eigenvalue weighted by atomic mass is 16.2. The van der Waals surface area contributed by atoms with E-state index in [2.05, 4.69) is 10.3 Å². The van der Waals surface area contributed by atoms with Gasteiger partial charge in [0.25, 0.3) is 11.7 Å². The Kier molecular flexibility index (Phi) is 4.01. The molecule has 0 atom stereocenters. The fourth-order valence-electron chi connectivity index (χ4n) is 2.15. The minimum atomic E-state index is -0.649. The first kappa shape index (κ1) is 14.7. The van der Waals surface area contributed by atoms with E-state index in [1.54, 1.807) is 48.9 Å². The van der Waals surface area contributed by atoms with Crippen LogP contribution in [0.4, 0.5) is 5.69 Å². The van der Waals surface area contributed by atoms with Crippen molar-refractivity contribution >= 4 is 17.4 Å². The van der Waals surface area contributed by atoms with Crippen LogP contribution in [-0.2, 0) is 4.79 Å². The number of ketones is 1. The van der Waals surface area contributed by atoms with Gasteiger partial charge >= 0.3 is 0 Å². The monoisotopic (exact) mass is 305 g/mol. The Bertz CT molecular complexity index is 820. The molecule has 0 bridgehead atoms. The molecule has 0 radical (unpaired) electrons. The van der Waals surface area contributed by atoms with Crippen molar-refractivity contribution in [3.63, 3.8) is 0 Å². The first-order valence-corrected chi connectivity index (χ1v) is 7.14. The number of aryl methyl sites for hydroxylation is 1. The highest BCUT2D eigenvalue weighted by molar-refractivity contribution is 6.46. The van der Waals surface area contributed by atoms with E-state index in [1.807, 2.05) is 29.8 Å². The van der Waals surface area contributed by atoms with E-state index in [4.69, 9.17) is 0 Å². The van der Waals surface area contributed by atoms with Gasteiger partial charge in [-0.15, -0.1) is 0 Å². The number of carbonyl (C=O) groups excluding carboxylic acids is 2. The number of benzene rings is 2. The normalized spacial score (nSPS) is 10.3. The van der Waals surface area contributed by atoms with Crippen molar-refractivity contribution < 1.29 is 9.59 Å². The van der Waals surface area contributed by atoms with Crippen molar-refractivity contribution in [2.24, 2.45) is 0 Å². The van der Waals surface area contributed by atoms with Crippen molar-refractivity contribution in [2.45, 2.75) is 6.92 Å². The van der Waals surface area contributed by atoms with Crippen molar-refractivity contribution in [3.8, 4) is 5.69 Å². The summed E-state index contributed by atoms with van der Waals surface area (Å²) in [5, 5.41) is 2.61. The van der Waals surface area contributed by atoms with Crippen molar-refractivity contribution in [2.75, 3.05) is 5.32 Å². The van der Waals surface area contributed by atoms with Gasteiger partial charge in [0.2, 0.25) is 0 Å². The van der Waals surface area contributed by atoms with Crippen LogP contribution in [-0.4, -0.2) is 21.2 Å². The molecule has 0 aliphatic rings. The lowest BCUT2D eigenvalue weighted by molar-refractivity contribution is -0.112. The number of imidazole rings is 1. The number of anilines is 1. The van der Waals surface area contributed by atoms with Gasteiger partial charge in [-0.1, -0.05) is 29.8 Å². The molecule has 0 saturated heterocycles. The predicted molar refractivity (Wildman–Crippen MR) is 87.7 cm³/mol. The van der Waals surface area contributed by atoms with Crippen molar-refractivity contribution in [1.29, 1.82) is 0 Å². The summed E-state index contributed by atoms with van der Waals surface area (Å²) in [5.74, 6) is -1.20. The van der Waals surface area contributed by atoms with Gasteiger partial charge < -0.3 is 9.88 Å². The average Bonchev–Trinajstić information content (AvgIpc) is 3.10. The summed E-state index contributed by atoms with van der Waals surface area (Å²) in [4.78, 5) is 28.1. The van der Waals surface area contributed by atoms with E-state index >= 15 is 0 Å². The molecule has 0 spiro atoms. The number of nitrogens with zero attached hydrogens (tertiary/aromatic N) is 2. The fourth-order valence-corrected chi connectivity index (χ4v) is 2.15. The van der Waals surface area contributed by atoms with Crippen LogP contribution in [0.3, 0.4) is 0 Å². The first-order chi connectivity index (χ1) is 11.1. The summed E-state index contributed by atoms with van der Waals surface area (Å²) in [5.41, 5.74) is 2.91. The van der Waals surface area contributed by atoms with Crippen LogP contribution < -0.4 is 5.32 Å². The molecular weight excluding hydrogens is 290 g/mol. The maximum atomic E-state index is 12.1. The molecule has 5 nitrogen and oxygen atoms in total. The zero-order valence-corrected chi connectivity index (χ0v) is 12.6. The largest absolute Gasteiger partial charge is 0.319 e. The molecule has 1 amide bonds. The second-order valence-electron chi connectivity index (χ2n) is 5.17. The van der Waals surface area contributed by atoms with Crippen LogP contribution in [0, 0.1) is 6.92 Å². The van der Waals surface area contributed by atoms with E-state index in [0.29, 0.717) is 11.3 Å². The molecule has 0 aliphatic heterocycles. The summed E-state index contributed by atoms with van der Waals surface area (Å²) >= 11 is 0. The van der Waals surface area contributed by atoms with E-state index in [9.17, 15) is 9.59 Å². The average molecular weight is 305 g/mol. The molecule has 0 aliphatic carbocycles. The molecule has 0 unspecified atom stereocenters. The summed E-state index contributed by atoms with van der Waals surface area (Å²) in [6.07, 6.45) is 5.21. The van der Waals surface area contributed by atoms with E-state index in [1.165, 1.54) is 0 Å². The van der Waals surface area contributed by atoms with Gasteiger partial charge in [0.15, 0.2) is 0 Å². The minimum absolute atomic E-state index is 0.378. The van der Waals surface area contributed by atoms with Gasteiger partial charge in [-0.05, 0) is 31.2 Å². The van der Waals surface area contributed by atoms with Crippen molar-refractivity contribution in [3.05, 3.63) is 78.4 Å². The summed E-state index contributed by atoms with van der Waals surface area (Å²) < 4.78 is 1.85. The number of rotatable bonds is 4. The van der Waals surface area contributed by atoms with Crippen LogP contribution in [0.2, 0.25) is 0 Å². The van der Waals surface area contributed by atoms with Crippen molar-refractivity contribution in [1.82, 2.24) is 9.55 Å². The second-order valence-corrected chi connectivity index (χ2v) is 5.17. The Morgan fingerprint density at radius 3 is 2.30 bits per heavy atom. The Balaban J connectivity index is 1.70. The highest BCUT2D eigenvalue weighted by Crippen LogP contribution is 2.14. The summed E-state index contributed by atoms with van der Waals surface area (Å²) in [7, 11) is 0.